The van der Waals surface area contributed by atoms with Crippen LogP contribution in [0.25, 0.3) is 0 Å². The Balaban J connectivity index is 2.09. The standard InChI is InChI=1S/C18H22O4/c1-12-16(21-2)11-10-14(18(12)22-3)8-4-6-13-7-5-9-15(19)17(13)20/h5,7,9-11,19-20H,4,6,8H2,1-3H3. The fourth-order valence-electron chi connectivity index (χ4n) is 2.68. The predicted octanol–water partition coefficient (Wildman–Crippen LogP) is 3.60. The molecule has 2 aromatic rings. The zero-order valence-electron chi connectivity index (χ0n) is 13.2. The first-order valence-electron chi connectivity index (χ1n) is 7.28. The molecule has 0 aliphatic heterocycles. The molecule has 0 heterocycles. The minimum absolute atomic E-state index is 0.0274. The van der Waals surface area contributed by atoms with Gasteiger partial charge in [-0.05, 0) is 49.4 Å². The van der Waals surface area contributed by atoms with E-state index in [1.165, 1.54) is 6.07 Å². The van der Waals surface area contributed by atoms with E-state index in [0.29, 0.717) is 6.42 Å². The van der Waals surface area contributed by atoms with E-state index >= 15 is 0 Å². The van der Waals surface area contributed by atoms with Crippen LogP contribution in [0.4, 0.5) is 0 Å². The van der Waals surface area contributed by atoms with Crippen molar-refractivity contribution in [3.8, 4) is 23.0 Å². The van der Waals surface area contributed by atoms with Gasteiger partial charge in [0.25, 0.3) is 0 Å². The lowest BCUT2D eigenvalue weighted by molar-refractivity contribution is 0.385. The van der Waals surface area contributed by atoms with E-state index < -0.39 is 0 Å². The molecule has 4 nitrogen and oxygen atoms in total. The average molecular weight is 302 g/mol. The van der Waals surface area contributed by atoms with Crippen LogP contribution < -0.4 is 9.47 Å². The summed E-state index contributed by atoms with van der Waals surface area (Å²) in [6.07, 6.45) is 2.36. The Morgan fingerprint density at radius 3 is 2.32 bits per heavy atom. The number of benzene rings is 2. The highest BCUT2D eigenvalue weighted by atomic mass is 16.5. The van der Waals surface area contributed by atoms with Crippen LogP contribution in [0.3, 0.4) is 0 Å². The Kier molecular flexibility index (Phi) is 5.15. The van der Waals surface area contributed by atoms with Gasteiger partial charge in [0.15, 0.2) is 11.5 Å². The largest absolute Gasteiger partial charge is 0.504 e. The van der Waals surface area contributed by atoms with Gasteiger partial charge in [0, 0.05) is 5.56 Å². The highest BCUT2D eigenvalue weighted by Crippen LogP contribution is 2.33. The molecular weight excluding hydrogens is 280 g/mol. The number of rotatable bonds is 6. The maximum atomic E-state index is 9.82. The van der Waals surface area contributed by atoms with E-state index in [0.717, 1.165) is 41.0 Å². The number of ether oxygens (including phenoxy) is 2. The van der Waals surface area contributed by atoms with Crippen LogP contribution in [0.2, 0.25) is 0 Å². The second-order valence-electron chi connectivity index (χ2n) is 5.22. The van der Waals surface area contributed by atoms with Gasteiger partial charge in [-0.15, -0.1) is 0 Å². The van der Waals surface area contributed by atoms with Crippen molar-refractivity contribution in [1.29, 1.82) is 0 Å². The van der Waals surface area contributed by atoms with Crippen LogP contribution in [0.1, 0.15) is 23.1 Å². The van der Waals surface area contributed by atoms with Crippen LogP contribution in [0.15, 0.2) is 30.3 Å². The van der Waals surface area contributed by atoms with Gasteiger partial charge in [-0.25, -0.2) is 0 Å². The van der Waals surface area contributed by atoms with E-state index in [2.05, 4.69) is 0 Å². The van der Waals surface area contributed by atoms with Crippen LogP contribution in [-0.4, -0.2) is 24.4 Å². The third-order valence-electron chi connectivity index (χ3n) is 3.85. The molecule has 0 spiro atoms. The fourth-order valence-corrected chi connectivity index (χ4v) is 2.68. The molecule has 2 N–H and O–H groups in total. The van der Waals surface area contributed by atoms with E-state index in [4.69, 9.17) is 9.47 Å². The van der Waals surface area contributed by atoms with Gasteiger partial charge in [-0.2, -0.15) is 0 Å². The summed E-state index contributed by atoms with van der Waals surface area (Å²) in [5.74, 6) is 1.56. The smallest absolute Gasteiger partial charge is 0.160 e. The third-order valence-corrected chi connectivity index (χ3v) is 3.85. The topological polar surface area (TPSA) is 58.9 Å². The van der Waals surface area contributed by atoms with Crippen molar-refractivity contribution in [1.82, 2.24) is 0 Å². The van der Waals surface area contributed by atoms with Gasteiger partial charge in [-0.1, -0.05) is 18.2 Å². The van der Waals surface area contributed by atoms with E-state index in [-0.39, 0.29) is 11.5 Å². The van der Waals surface area contributed by atoms with E-state index in [9.17, 15) is 10.2 Å². The molecule has 0 aromatic heterocycles. The first kappa shape index (κ1) is 16.0. The number of hydrogen-bond acceptors (Lipinski definition) is 4. The monoisotopic (exact) mass is 302 g/mol. The number of phenolic OH excluding ortho intramolecular Hbond substituents is 2. The molecule has 0 amide bonds. The second-order valence-corrected chi connectivity index (χ2v) is 5.22. The van der Waals surface area contributed by atoms with Crippen molar-refractivity contribution in [3.63, 3.8) is 0 Å². The maximum Gasteiger partial charge on any atom is 0.160 e. The van der Waals surface area contributed by atoms with Gasteiger partial charge in [0.1, 0.15) is 11.5 Å². The van der Waals surface area contributed by atoms with Gasteiger partial charge in [0.05, 0.1) is 14.2 Å². The lowest BCUT2D eigenvalue weighted by Crippen LogP contribution is -1.99. The van der Waals surface area contributed by atoms with Crippen molar-refractivity contribution in [2.24, 2.45) is 0 Å². The minimum atomic E-state index is -0.0737. The van der Waals surface area contributed by atoms with Gasteiger partial charge < -0.3 is 19.7 Å². The Labute approximate surface area is 130 Å². The number of aryl methyl sites for hydroxylation is 2. The van der Waals surface area contributed by atoms with Crippen molar-refractivity contribution >= 4 is 0 Å². The summed E-state index contributed by atoms with van der Waals surface area (Å²) in [5, 5.41) is 19.3. The summed E-state index contributed by atoms with van der Waals surface area (Å²) in [6.45, 7) is 1.97. The zero-order chi connectivity index (χ0) is 16.1. The molecule has 0 fully saturated rings. The fraction of sp³-hybridized carbons (Fsp3) is 0.333. The number of hydrogen-bond donors (Lipinski definition) is 2. The van der Waals surface area contributed by atoms with Crippen molar-refractivity contribution < 1.29 is 19.7 Å². The summed E-state index contributed by atoms with van der Waals surface area (Å²) < 4.78 is 10.8. The molecule has 0 atom stereocenters. The van der Waals surface area contributed by atoms with Crippen LogP contribution in [0, 0.1) is 6.92 Å². The molecule has 0 aliphatic carbocycles. The average Bonchev–Trinajstić information content (AvgIpc) is 2.52. The van der Waals surface area contributed by atoms with E-state index in [1.807, 2.05) is 25.1 Å². The SMILES string of the molecule is COc1ccc(CCCc2cccc(O)c2O)c(OC)c1C. The molecule has 4 heteroatoms. The molecule has 2 aromatic carbocycles. The number of para-hydroxylation sites is 1. The van der Waals surface area contributed by atoms with Gasteiger partial charge in [-0.3, -0.25) is 0 Å². The second kappa shape index (κ2) is 7.07. The van der Waals surface area contributed by atoms with Gasteiger partial charge in [0.2, 0.25) is 0 Å². The lowest BCUT2D eigenvalue weighted by Gasteiger charge is -2.14. The molecule has 118 valence electrons. The molecule has 0 saturated carbocycles. The summed E-state index contributed by atoms with van der Waals surface area (Å²) in [7, 11) is 3.30. The molecule has 0 bridgehead atoms. The molecule has 22 heavy (non-hydrogen) atoms. The Bertz CT molecular complexity index is 650. The number of methoxy groups -OCH3 is 2. The summed E-state index contributed by atoms with van der Waals surface area (Å²) in [6, 6.07) is 8.99. The van der Waals surface area contributed by atoms with E-state index in [1.54, 1.807) is 20.3 Å². The first-order chi connectivity index (χ1) is 10.6. The Hall–Kier alpha value is -2.36. The van der Waals surface area contributed by atoms with Crippen molar-refractivity contribution in [2.75, 3.05) is 14.2 Å². The van der Waals surface area contributed by atoms with Crippen molar-refractivity contribution in [3.05, 3.63) is 47.0 Å². The zero-order valence-corrected chi connectivity index (χ0v) is 13.2. The first-order valence-corrected chi connectivity index (χ1v) is 7.28. The summed E-state index contributed by atoms with van der Waals surface area (Å²) >= 11 is 0. The van der Waals surface area contributed by atoms with Crippen LogP contribution in [-0.2, 0) is 12.8 Å². The number of aromatic hydroxyl groups is 2. The van der Waals surface area contributed by atoms with Crippen LogP contribution >= 0.6 is 0 Å². The molecular formula is C18H22O4. The molecule has 0 unspecified atom stereocenters. The quantitative estimate of drug-likeness (QED) is 0.801. The predicted molar refractivity (Wildman–Crippen MR) is 86.1 cm³/mol. The van der Waals surface area contributed by atoms with Crippen molar-refractivity contribution in [2.45, 2.75) is 26.2 Å². The summed E-state index contributed by atoms with van der Waals surface area (Å²) in [5.41, 5.74) is 2.85. The van der Waals surface area contributed by atoms with Crippen LogP contribution in [0.5, 0.6) is 23.0 Å². The number of phenols is 2. The molecule has 2 rings (SSSR count). The minimum Gasteiger partial charge on any atom is -0.504 e. The summed E-state index contributed by atoms with van der Waals surface area (Å²) in [4.78, 5) is 0. The third kappa shape index (κ3) is 3.27. The Morgan fingerprint density at radius 2 is 1.64 bits per heavy atom. The molecule has 0 aliphatic rings. The van der Waals surface area contributed by atoms with Gasteiger partial charge >= 0.3 is 0 Å². The maximum absolute atomic E-state index is 9.82. The highest BCUT2D eigenvalue weighted by molar-refractivity contribution is 5.49. The molecule has 0 saturated heterocycles. The lowest BCUT2D eigenvalue weighted by atomic mass is 10.0. The Morgan fingerprint density at radius 1 is 0.909 bits per heavy atom. The molecule has 0 radical (unpaired) electrons. The highest BCUT2D eigenvalue weighted by Gasteiger charge is 2.12. The normalized spacial score (nSPS) is 10.5.